The molecule has 3 fully saturated rings. The standard InChI is InChI=1S/C35H37N5O3/c1-38-33-27(14-24(16-30(33)43-2)35(42)40-18-22-12-13-28(40)31(22)36)37-34(38)29-15-21-7-5-9-26(25-8-4-3-6-23(25)19-41)32(21)39(29)17-20-10-11-20/h3-9,14-16,20,22,28,31,41H,10-13,17-19,36H2,1-2H3/t22-,28-,31-/m1/s1. The maximum Gasteiger partial charge on any atom is 0.254 e. The first kappa shape index (κ1) is 26.5. The third-order valence-corrected chi connectivity index (χ3v) is 10.1. The van der Waals surface area contributed by atoms with Crippen LogP contribution in [0.25, 0.3) is 44.6 Å². The lowest BCUT2D eigenvalue weighted by Crippen LogP contribution is -2.41. The molecule has 1 aliphatic heterocycles. The summed E-state index contributed by atoms with van der Waals surface area (Å²) < 4.78 is 10.4. The number of hydrogen-bond donors (Lipinski definition) is 2. The van der Waals surface area contributed by atoms with E-state index in [0.717, 1.165) is 76.1 Å². The molecule has 43 heavy (non-hydrogen) atoms. The minimum absolute atomic E-state index is 0.00471. The summed E-state index contributed by atoms with van der Waals surface area (Å²) in [5, 5.41) is 11.3. The number of aliphatic hydroxyl groups excluding tert-OH is 1. The van der Waals surface area contributed by atoms with Gasteiger partial charge in [0.15, 0.2) is 5.82 Å². The van der Waals surface area contributed by atoms with Crippen molar-refractivity contribution in [3.63, 3.8) is 0 Å². The van der Waals surface area contributed by atoms with Crippen molar-refractivity contribution >= 4 is 27.8 Å². The maximum absolute atomic E-state index is 13.7. The lowest BCUT2D eigenvalue weighted by atomic mass is 9.98. The highest BCUT2D eigenvalue weighted by Crippen LogP contribution is 2.42. The van der Waals surface area contributed by atoms with Crippen LogP contribution in [0.4, 0.5) is 0 Å². The number of amides is 1. The second-order valence-electron chi connectivity index (χ2n) is 12.6. The number of aryl methyl sites for hydroxylation is 1. The normalized spacial score (nSPS) is 21.4. The van der Waals surface area contributed by atoms with E-state index in [2.05, 4.69) is 39.5 Å². The van der Waals surface area contributed by atoms with Gasteiger partial charge < -0.3 is 29.6 Å². The number of carbonyl (C=O) groups excluding carboxylic acids is 1. The van der Waals surface area contributed by atoms with E-state index < -0.39 is 0 Å². The molecule has 2 bridgehead atoms. The highest BCUT2D eigenvalue weighted by Gasteiger charge is 2.47. The molecular formula is C35H37N5O3. The Bertz CT molecular complexity index is 1900. The van der Waals surface area contributed by atoms with E-state index in [-0.39, 0.29) is 24.6 Å². The number of nitrogens with zero attached hydrogens (tertiary/aromatic N) is 4. The molecule has 220 valence electrons. The average molecular weight is 576 g/mol. The monoisotopic (exact) mass is 575 g/mol. The molecule has 3 atom stereocenters. The van der Waals surface area contributed by atoms with Crippen molar-refractivity contribution in [1.29, 1.82) is 0 Å². The predicted molar refractivity (Wildman–Crippen MR) is 168 cm³/mol. The minimum atomic E-state index is -0.0148. The van der Waals surface area contributed by atoms with E-state index in [4.69, 9.17) is 15.5 Å². The van der Waals surface area contributed by atoms with Gasteiger partial charge in [-0.15, -0.1) is 0 Å². The van der Waals surface area contributed by atoms with E-state index in [1.807, 2.05) is 42.3 Å². The number of rotatable bonds is 7. The molecule has 3 aromatic carbocycles. The van der Waals surface area contributed by atoms with Gasteiger partial charge in [0.2, 0.25) is 0 Å². The summed E-state index contributed by atoms with van der Waals surface area (Å²) in [6, 6.07) is 20.6. The molecule has 2 saturated carbocycles. The molecule has 2 aliphatic carbocycles. The van der Waals surface area contributed by atoms with Crippen molar-refractivity contribution in [3.8, 4) is 28.4 Å². The summed E-state index contributed by atoms with van der Waals surface area (Å²) in [4.78, 5) is 20.9. The second kappa shape index (κ2) is 9.96. The number of carbonyl (C=O) groups is 1. The molecule has 0 unspecified atom stereocenters. The number of para-hydroxylation sites is 1. The van der Waals surface area contributed by atoms with Gasteiger partial charge in [-0.25, -0.2) is 4.98 Å². The molecule has 8 nitrogen and oxygen atoms in total. The van der Waals surface area contributed by atoms with Crippen molar-refractivity contribution < 1.29 is 14.6 Å². The molecule has 3 aliphatic rings. The third kappa shape index (κ3) is 4.11. The zero-order valence-corrected chi connectivity index (χ0v) is 24.7. The molecule has 5 aromatic rings. The van der Waals surface area contributed by atoms with Crippen LogP contribution in [0.15, 0.2) is 60.7 Å². The van der Waals surface area contributed by atoms with Crippen LogP contribution in [0.5, 0.6) is 5.75 Å². The molecule has 1 amide bonds. The quantitative estimate of drug-likeness (QED) is 0.273. The summed E-state index contributed by atoms with van der Waals surface area (Å²) >= 11 is 0. The van der Waals surface area contributed by atoms with Crippen LogP contribution in [0.2, 0.25) is 0 Å². The van der Waals surface area contributed by atoms with Gasteiger partial charge >= 0.3 is 0 Å². The molecule has 0 radical (unpaired) electrons. The molecule has 3 N–H and O–H groups in total. The number of benzene rings is 3. The number of methoxy groups -OCH3 is 1. The third-order valence-electron chi connectivity index (χ3n) is 10.1. The summed E-state index contributed by atoms with van der Waals surface area (Å²) in [5.74, 6) is 2.50. The van der Waals surface area contributed by atoms with Crippen molar-refractivity contribution in [2.45, 2.75) is 50.9 Å². The van der Waals surface area contributed by atoms with Crippen LogP contribution in [0.3, 0.4) is 0 Å². The fourth-order valence-electron chi connectivity index (χ4n) is 7.66. The first-order chi connectivity index (χ1) is 21.0. The molecule has 8 heteroatoms. The number of fused-ring (bicyclic) bond motifs is 4. The van der Waals surface area contributed by atoms with E-state index in [9.17, 15) is 9.90 Å². The Morgan fingerprint density at radius 1 is 1.02 bits per heavy atom. The zero-order chi connectivity index (χ0) is 29.4. The van der Waals surface area contributed by atoms with Gasteiger partial charge in [0.25, 0.3) is 5.91 Å². The topological polar surface area (TPSA) is 98.5 Å². The van der Waals surface area contributed by atoms with Gasteiger partial charge in [-0.2, -0.15) is 0 Å². The van der Waals surface area contributed by atoms with E-state index >= 15 is 0 Å². The van der Waals surface area contributed by atoms with Crippen LogP contribution in [-0.4, -0.2) is 55.8 Å². The zero-order valence-electron chi connectivity index (χ0n) is 24.7. The van der Waals surface area contributed by atoms with Gasteiger partial charge in [-0.05, 0) is 66.8 Å². The number of aromatic nitrogens is 3. The molecule has 1 saturated heterocycles. The van der Waals surface area contributed by atoms with Crippen molar-refractivity contribution in [2.75, 3.05) is 13.7 Å². The van der Waals surface area contributed by atoms with Gasteiger partial charge in [0.05, 0.1) is 30.4 Å². The van der Waals surface area contributed by atoms with E-state index in [0.29, 0.717) is 23.1 Å². The maximum atomic E-state index is 13.7. The minimum Gasteiger partial charge on any atom is -0.494 e. The number of aliphatic hydroxyl groups is 1. The highest BCUT2D eigenvalue weighted by atomic mass is 16.5. The number of likely N-dealkylation sites (tertiary alicyclic amines) is 1. The molecule has 8 rings (SSSR count). The second-order valence-corrected chi connectivity index (χ2v) is 12.6. The van der Waals surface area contributed by atoms with Gasteiger partial charge in [0, 0.05) is 48.7 Å². The van der Waals surface area contributed by atoms with E-state index in [1.165, 1.54) is 12.8 Å². The average Bonchev–Trinajstić information content (AvgIpc) is 3.42. The van der Waals surface area contributed by atoms with Crippen LogP contribution in [0.1, 0.15) is 41.6 Å². The first-order valence-electron chi connectivity index (χ1n) is 15.4. The van der Waals surface area contributed by atoms with Gasteiger partial charge in [-0.3, -0.25) is 4.79 Å². The molecular weight excluding hydrogens is 538 g/mol. The molecule has 2 aromatic heterocycles. The van der Waals surface area contributed by atoms with Crippen LogP contribution >= 0.6 is 0 Å². The fraction of sp³-hybridized carbons (Fsp3) is 0.371. The largest absolute Gasteiger partial charge is 0.494 e. The van der Waals surface area contributed by atoms with Gasteiger partial charge in [0.1, 0.15) is 11.3 Å². The first-order valence-corrected chi connectivity index (χ1v) is 15.4. The van der Waals surface area contributed by atoms with Crippen LogP contribution in [-0.2, 0) is 20.2 Å². The summed E-state index contributed by atoms with van der Waals surface area (Å²) in [7, 11) is 3.67. The summed E-state index contributed by atoms with van der Waals surface area (Å²) in [6.45, 7) is 1.61. The number of hydrogen-bond acceptors (Lipinski definition) is 5. The smallest absolute Gasteiger partial charge is 0.254 e. The molecule has 3 heterocycles. The van der Waals surface area contributed by atoms with Crippen molar-refractivity contribution in [2.24, 2.45) is 24.6 Å². The Morgan fingerprint density at radius 2 is 1.84 bits per heavy atom. The SMILES string of the molecule is COc1cc(C(=O)N2C[C@H]3CC[C@@H]2[C@@H]3N)cc2nc(-c3cc4cccc(-c5ccccc5CO)c4n3CC3CC3)n(C)c12. The number of imidazole rings is 1. The number of piperidine rings is 1. The van der Waals surface area contributed by atoms with Crippen LogP contribution in [0, 0.1) is 11.8 Å². The Hall–Kier alpha value is -4.14. The number of ether oxygens (including phenoxy) is 1. The Morgan fingerprint density at radius 3 is 2.56 bits per heavy atom. The Balaban J connectivity index is 1.29. The van der Waals surface area contributed by atoms with Crippen LogP contribution < -0.4 is 10.5 Å². The molecule has 0 spiro atoms. The van der Waals surface area contributed by atoms with Crippen molar-refractivity contribution in [3.05, 3.63) is 71.8 Å². The Kier molecular flexibility index (Phi) is 6.14. The predicted octanol–water partition coefficient (Wildman–Crippen LogP) is 5.33. The highest BCUT2D eigenvalue weighted by molar-refractivity contribution is 6.01. The van der Waals surface area contributed by atoms with E-state index in [1.54, 1.807) is 7.11 Å². The lowest BCUT2D eigenvalue weighted by Gasteiger charge is -2.27. The fourth-order valence-corrected chi connectivity index (χ4v) is 7.66. The lowest BCUT2D eigenvalue weighted by molar-refractivity contribution is 0.0700. The summed E-state index contributed by atoms with van der Waals surface area (Å²) in [6.07, 6.45) is 4.52. The van der Waals surface area contributed by atoms with Gasteiger partial charge in [-0.1, -0.05) is 42.5 Å². The number of nitrogens with two attached hydrogens (primary N) is 1. The summed E-state index contributed by atoms with van der Waals surface area (Å²) in [5.41, 5.74) is 13.9. The Labute approximate surface area is 250 Å². The van der Waals surface area contributed by atoms with Crippen molar-refractivity contribution in [1.82, 2.24) is 19.0 Å².